The SMILES string of the molecule is O=C(CC(=O)c1cccnc1)c1ccc(F)cc1. The number of benzene rings is 1. The maximum Gasteiger partial charge on any atom is 0.172 e. The lowest BCUT2D eigenvalue weighted by molar-refractivity contribution is 0.0894. The number of hydrogen-bond donors (Lipinski definition) is 0. The number of rotatable bonds is 4. The molecule has 18 heavy (non-hydrogen) atoms. The quantitative estimate of drug-likeness (QED) is 0.612. The zero-order valence-electron chi connectivity index (χ0n) is 9.47. The molecule has 0 unspecified atom stereocenters. The third-order valence-corrected chi connectivity index (χ3v) is 2.47. The van der Waals surface area contributed by atoms with Crippen molar-refractivity contribution in [2.24, 2.45) is 0 Å². The molecule has 2 aromatic rings. The number of carbonyl (C=O) groups excluding carboxylic acids is 2. The molecule has 4 heteroatoms. The minimum atomic E-state index is -0.412. The summed E-state index contributed by atoms with van der Waals surface area (Å²) in [6, 6.07) is 8.37. The Balaban J connectivity index is 2.08. The van der Waals surface area contributed by atoms with Crippen molar-refractivity contribution in [3.8, 4) is 0 Å². The average molecular weight is 243 g/mol. The van der Waals surface area contributed by atoms with Crippen LogP contribution in [0.5, 0.6) is 0 Å². The molecule has 3 nitrogen and oxygen atoms in total. The summed E-state index contributed by atoms with van der Waals surface area (Å²) in [6.45, 7) is 0. The van der Waals surface area contributed by atoms with Gasteiger partial charge in [0.2, 0.25) is 0 Å². The van der Waals surface area contributed by atoms with Gasteiger partial charge in [-0.3, -0.25) is 14.6 Å². The highest BCUT2D eigenvalue weighted by Crippen LogP contribution is 2.09. The highest BCUT2D eigenvalue weighted by molar-refractivity contribution is 6.13. The molecular formula is C14H10FNO2. The van der Waals surface area contributed by atoms with Gasteiger partial charge in [-0.2, -0.15) is 0 Å². The highest BCUT2D eigenvalue weighted by Gasteiger charge is 2.13. The van der Waals surface area contributed by atoms with E-state index in [1.807, 2.05) is 0 Å². The number of halogens is 1. The number of aromatic nitrogens is 1. The molecule has 2 rings (SSSR count). The Hall–Kier alpha value is -2.36. The summed E-state index contributed by atoms with van der Waals surface area (Å²) >= 11 is 0. The largest absolute Gasteiger partial charge is 0.294 e. The second kappa shape index (κ2) is 5.31. The van der Waals surface area contributed by atoms with Gasteiger partial charge in [0.15, 0.2) is 11.6 Å². The van der Waals surface area contributed by atoms with Crippen molar-refractivity contribution < 1.29 is 14.0 Å². The molecule has 0 aliphatic rings. The maximum absolute atomic E-state index is 12.7. The van der Waals surface area contributed by atoms with Crippen molar-refractivity contribution in [1.29, 1.82) is 0 Å². The normalized spacial score (nSPS) is 10.1. The van der Waals surface area contributed by atoms with E-state index in [-0.39, 0.29) is 18.0 Å². The van der Waals surface area contributed by atoms with Gasteiger partial charge in [0, 0.05) is 23.5 Å². The van der Waals surface area contributed by atoms with Crippen molar-refractivity contribution in [3.63, 3.8) is 0 Å². The molecule has 0 aliphatic carbocycles. The zero-order valence-corrected chi connectivity index (χ0v) is 9.47. The van der Waals surface area contributed by atoms with Gasteiger partial charge >= 0.3 is 0 Å². The molecule has 0 aliphatic heterocycles. The minimum Gasteiger partial charge on any atom is -0.294 e. The fourth-order valence-electron chi connectivity index (χ4n) is 1.51. The lowest BCUT2D eigenvalue weighted by atomic mass is 10.0. The van der Waals surface area contributed by atoms with E-state index in [0.717, 1.165) is 0 Å². The Morgan fingerprint density at radius 3 is 2.28 bits per heavy atom. The highest BCUT2D eigenvalue weighted by atomic mass is 19.1. The predicted octanol–water partition coefficient (Wildman–Crippen LogP) is 2.68. The first-order valence-corrected chi connectivity index (χ1v) is 5.39. The van der Waals surface area contributed by atoms with Gasteiger partial charge in [-0.1, -0.05) is 0 Å². The van der Waals surface area contributed by atoms with Gasteiger partial charge < -0.3 is 0 Å². The first kappa shape index (κ1) is 12.1. The second-order valence-corrected chi connectivity index (χ2v) is 3.77. The van der Waals surface area contributed by atoms with Gasteiger partial charge in [0.25, 0.3) is 0 Å². The zero-order chi connectivity index (χ0) is 13.0. The van der Waals surface area contributed by atoms with E-state index in [2.05, 4.69) is 4.98 Å². The molecule has 0 saturated heterocycles. The molecular weight excluding hydrogens is 233 g/mol. The van der Waals surface area contributed by atoms with Gasteiger partial charge in [0.05, 0.1) is 6.42 Å². The number of hydrogen-bond acceptors (Lipinski definition) is 3. The van der Waals surface area contributed by atoms with Crippen LogP contribution >= 0.6 is 0 Å². The smallest absolute Gasteiger partial charge is 0.172 e. The summed E-state index contributed by atoms with van der Waals surface area (Å²) in [5.74, 6) is -1.04. The fourth-order valence-corrected chi connectivity index (χ4v) is 1.51. The van der Waals surface area contributed by atoms with Crippen LogP contribution in [-0.4, -0.2) is 16.6 Å². The lowest BCUT2D eigenvalue weighted by Gasteiger charge is -2.00. The van der Waals surface area contributed by atoms with Crippen molar-refractivity contribution in [1.82, 2.24) is 4.98 Å². The Morgan fingerprint density at radius 1 is 1.00 bits per heavy atom. The van der Waals surface area contributed by atoms with Crippen molar-refractivity contribution >= 4 is 11.6 Å². The first-order valence-electron chi connectivity index (χ1n) is 5.39. The molecule has 1 aromatic heterocycles. The summed E-state index contributed by atoms with van der Waals surface area (Å²) in [4.78, 5) is 27.4. The summed E-state index contributed by atoms with van der Waals surface area (Å²) in [5, 5.41) is 0. The van der Waals surface area contributed by atoms with Gasteiger partial charge in [0.1, 0.15) is 5.82 Å². The van der Waals surface area contributed by atoms with E-state index in [0.29, 0.717) is 11.1 Å². The van der Waals surface area contributed by atoms with E-state index in [4.69, 9.17) is 0 Å². The lowest BCUT2D eigenvalue weighted by Crippen LogP contribution is -2.08. The molecule has 90 valence electrons. The molecule has 0 amide bonds. The van der Waals surface area contributed by atoms with Crippen LogP contribution in [-0.2, 0) is 0 Å². The van der Waals surface area contributed by atoms with Gasteiger partial charge in [-0.25, -0.2) is 4.39 Å². The van der Waals surface area contributed by atoms with Crippen molar-refractivity contribution in [2.75, 3.05) is 0 Å². The van der Waals surface area contributed by atoms with Crippen LogP contribution in [0.1, 0.15) is 27.1 Å². The Bertz CT molecular complexity index is 564. The Kier molecular flexibility index (Phi) is 3.57. The summed E-state index contributed by atoms with van der Waals surface area (Å²) < 4.78 is 12.7. The Morgan fingerprint density at radius 2 is 1.67 bits per heavy atom. The molecule has 0 saturated carbocycles. The van der Waals surface area contributed by atoms with Gasteiger partial charge in [-0.15, -0.1) is 0 Å². The van der Waals surface area contributed by atoms with E-state index < -0.39 is 5.82 Å². The summed E-state index contributed by atoms with van der Waals surface area (Å²) in [7, 11) is 0. The van der Waals surface area contributed by atoms with E-state index >= 15 is 0 Å². The number of Topliss-reactive ketones (excluding diaryl/α,β-unsaturated/α-hetero) is 2. The topological polar surface area (TPSA) is 47.0 Å². The minimum absolute atomic E-state index is 0.239. The van der Waals surface area contributed by atoms with E-state index in [9.17, 15) is 14.0 Å². The number of ketones is 2. The Labute approximate surface area is 103 Å². The monoisotopic (exact) mass is 243 g/mol. The molecule has 0 fully saturated rings. The second-order valence-electron chi connectivity index (χ2n) is 3.77. The van der Waals surface area contributed by atoms with Crippen LogP contribution in [0, 0.1) is 5.82 Å². The number of nitrogens with zero attached hydrogens (tertiary/aromatic N) is 1. The molecule has 0 atom stereocenters. The van der Waals surface area contributed by atoms with Crippen LogP contribution in [0.4, 0.5) is 4.39 Å². The molecule has 1 aromatic carbocycles. The summed E-state index contributed by atoms with van der Waals surface area (Å²) in [5.41, 5.74) is 0.724. The van der Waals surface area contributed by atoms with E-state index in [1.165, 1.54) is 30.5 Å². The molecule has 0 spiro atoms. The fraction of sp³-hybridized carbons (Fsp3) is 0.0714. The molecule has 0 N–H and O–H groups in total. The standard InChI is InChI=1S/C14H10FNO2/c15-12-5-3-10(4-6-12)13(17)8-14(18)11-2-1-7-16-9-11/h1-7,9H,8H2. The molecule has 0 bridgehead atoms. The van der Waals surface area contributed by atoms with Crippen molar-refractivity contribution in [3.05, 3.63) is 65.7 Å². The third kappa shape index (κ3) is 2.85. The van der Waals surface area contributed by atoms with Crippen LogP contribution in [0.3, 0.4) is 0 Å². The average Bonchev–Trinajstić information content (AvgIpc) is 2.40. The maximum atomic E-state index is 12.7. The third-order valence-electron chi connectivity index (χ3n) is 2.47. The predicted molar refractivity (Wildman–Crippen MR) is 63.9 cm³/mol. The molecule has 1 heterocycles. The van der Waals surface area contributed by atoms with Crippen LogP contribution in [0.25, 0.3) is 0 Å². The van der Waals surface area contributed by atoms with Crippen LogP contribution in [0.2, 0.25) is 0 Å². The van der Waals surface area contributed by atoms with Gasteiger partial charge in [-0.05, 0) is 36.4 Å². The number of pyridine rings is 1. The van der Waals surface area contributed by atoms with Crippen LogP contribution < -0.4 is 0 Å². The summed E-state index contributed by atoms with van der Waals surface area (Å²) in [6.07, 6.45) is 2.73. The van der Waals surface area contributed by atoms with Crippen LogP contribution in [0.15, 0.2) is 48.8 Å². The first-order chi connectivity index (χ1) is 8.66. The van der Waals surface area contributed by atoms with Crippen molar-refractivity contribution in [2.45, 2.75) is 6.42 Å². The number of carbonyl (C=O) groups is 2. The van der Waals surface area contributed by atoms with E-state index in [1.54, 1.807) is 18.3 Å². The molecule has 0 radical (unpaired) electrons.